The van der Waals surface area contributed by atoms with Crippen molar-refractivity contribution >= 4 is 24.3 Å². The lowest BCUT2D eigenvalue weighted by atomic mass is 9.81. The van der Waals surface area contributed by atoms with Gasteiger partial charge in [-0.2, -0.15) is 0 Å². The second kappa shape index (κ2) is 5.06. The molecular weight excluding hydrogens is 207 g/mol. The largest absolute Gasteiger partial charge is 0.488 e. The molecule has 0 amide bonds. The van der Waals surface area contributed by atoms with E-state index in [0.29, 0.717) is 5.46 Å². The molecule has 1 aliphatic rings. The highest BCUT2D eigenvalue weighted by molar-refractivity contribution is 8.00. The Labute approximate surface area is 94.9 Å². The average Bonchev–Trinajstić information content (AvgIpc) is 2.71. The van der Waals surface area contributed by atoms with E-state index < -0.39 is 7.12 Å². The quantitative estimate of drug-likeness (QED) is 0.759. The van der Waals surface area contributed by atoms with Gasteiger partial charge in [0.1, 0.15) is 0 Å². The van der Waals surface area contributed by atoms with Gasteiger partial charge < -0.3 is 10.0 Å². The Morgan fingerprint density at radius 3 is 2.20 bits per heavy atom. The summed E-state index contributed by atoms with van der Waals surface area (Å²) < 4.78 is 0. The first kappa shape index (κ1) is 11.1. The summed E-state index contributed by atoms with van der Waals surface area (Å²) in [7, 11) is -1.35. The van der Waals surface area contributed by atoms with Crippen molar-refractivity contribution in [1.82, 2.24) is 0 Å². The second-order valence-corrected chi connectivity index (χ2v) is 5.34. The van der Waals surface area contributed by atoms with Crippen LogP contribution in [-0.2, 0) is 0 Å². The van der Waals surface area contributed by atoms with E-state index in [0.717, 1.165) is 5.25 Å². The zero-order valence-corrected chi connectivity index (χ0v) is 9.41. The van der Waals surface area contributed by atoms with Gasteiger partial charge in [-0.3, -0.25) is 0 Å². The molecule has 1 aliphatic carbocycles. The van der Waals surface area contributed by atoms with Crippen molar-refractivity contribution in [3.05, 3.63) is 24.3 Å². The van der Waals surface area contributed by atoms with Gasteiger partial charge in [0.05, 0.1) is 0 Å². The maximum atomic E-state index is 8.95. The van der Waals surface area contributed by atoms with Crippen LogP contribution < -0.4 is 5.46 Å². The lowest BCUT2D eigenvalue weighted by molar-refractivity contribution is 0.426. The van der Waals surface area contributed by atoms with Gasteiger partial charge in [-0.05, 0) is 30.4 Å². The van der Waals surface area contributed by atoms with E-state index in [1.54, 1.807) is 12.1 Å². The highest BCUT2D eigenvalue weighted by Gasteiger charge is 2.16. The van der Waals surface area contributed by atoms with Crippen LogP contribution in [0.5, 0.6) is 0 Å². The van der Waals surface area contributed by atoms with Gasteiger partial charge in [-0.25, -0.2) is 0 Å². The van der Waals surface area contributed by atoms with Crippen LogP contribution in [0.1, 0.15) is 25.7 Å². The smallest absolute Gasteiger partial charge is 0.423 e. The van der Waals surface area contributed by atoms with Crippen LogP contribution >= 0.6 is 11.8 Å². The van der Waals surface area contributed by atoms with Gasteiger partial charge in [-0.15, -0.1) is 11.8 Å². The Kier molecular flexibility index (Phi) is 3.73. The predicted molar refractivity (Wildman–Crippen MR) is 64.4 cm³/mol. The molecule has 0 saturated heterocycles. The molecule has 2 nitrogen and oxygen atoms in total. The summed E-state index contributed by atoms with van der Waals surface area (Å²) in [5.41, 5.74) is 0.561. The summed E-state index contributed by atoms with van der Waals surface area (Å²) in [5, 5.41) is 18.7. The number of hydrogen-bond donors (Lipinski definition) is 2. The van der Waals surface area contributed by atoms with Crippen LogP contribution in [0.2, 0.25) is 0 Å². The number of rotatable bonds is 3. The summed E-state index contributed by atoms with van der Waals surface area (Å²) in [5.74, 6) is 0. The second-order valence-electron chi connectivity index (χ2n) is 3.97. The molecule has 0 bridgehead atoms. The summed E-state index contributed by atoms with van der Waals surface area (Å²) in [6.07, 6.45) is 5.33. The first-order valence-electron chi connectivity index (χ1n) is 5.38. The van der Waals surface area contributed by atoms with E-state index in [4.69, 9.17) is 10.0 Å². The maximum Gasteiger partial charge on any atom is 0.488 e. The number of hydrogen-bond acceptors (Lipinski definition) is 3. The molecule has 0 atom stereocenters. The van der Waals surface area contributed by atoms with E-state index in [1.165, 1.54) is 30.6 Å². The third kappa shape index (κ3) is 3.00. The van der Waals surface area contributed by atoms with Crippen molar-refractivity contribution < 1.29 is 10.0 Å². The molecular formula is C11H15BO2S. The van der Waals surface area contributed by atoms with Gasteiger partial charge >= 0.3 is 7.12 Å². The van der Waals surface area contributed by atoms with Crippen LogP contribution in [0.15, 0.2) is 29.2 Å². The lowest BCUT2D eigenvalue weighted by Gasteiger charge is -2.08. The van der Waals surface area contributed by atoms with E-state index in [1.807, 2.05) is 23.9 Å². The predicted octanol–water partition coefficient (Wildman–Crippen LogP) is 1.40. The molecule has 0 radical (unpaired) electrons. The monoisotopic (exact) mass is 222 g/mol. The van der Waals surface area contributed by atoms with Crippen LogP contribution in [-0.4, -0.2) is 22.4 Å². The SMILES string of the molecule is OB(O)c1ccc(SC2CCCC2)cc1. The minimum Gasteiger partial charge on any atom is -0.423 e. The Morgan fingerprint density at radius 2 is 1.67 bits per heavy atom. The maximum absolute atomic E-state index is 8.95. The fourth-order valence-electron chi connectivity index (χ4n) is 1.92. The molecule has 2 rings (SSSR count). The lowest BCUT2D eigenvalue weighted by Crippen LogP contribution is -2.29. The minimum atomic E-state index is -1.35. The molecule has 0 spiro atoms. The average molecular weight is 222 g/mol. The molecule has 1 fully saturated rings. The highest BCUT2D eigenvalue weighted by Crippen LogP contribution is 2.34. The Balaban J connectivity index is 1.97. The van der Waals surface area contributed by atoms with Crippen molar-refractivity contribution in [3.8, 4) is 0 Å². The minimum absolute atomic E-state index is 0.561. The summed E-state index contributed by atoms with van der Waals surface area (Å²) >= 11 is 1.91. The summed E-state index contributed by atoms with van der Waals surface area (Å²) in [6, 6.07) is 7.50. The number of benzene rings is 1. The van der Waals surface area contributed by atoms with Crippen molar-refractivity contribution in [3.63, 3.8) is 0 Å². The Hall–Kier alpha value is -0.445. The topological polar surface area (TPSA) is 40.5 Å². The summed E-state index contributed by atoms with van der Waals surface area (Å²) in [6.45, 7) is 0. The summed E-state index contributed by atoms with van der Waals surface area (Å²) in [4.78, 5) is 1.23. The molecule has 1 saturated carbocycles. The van der Waals surface area contributed by atoms with Gasteiger partial charge in [0, 0.05) is 10.1 Å². The van der Waals surface area contributed by atoms with Crippen LogP contribution in [0, 0.1) is 0 Å². The van der Waals surface area contributed by atoms with Crippen molar-refractivity contribution in [1.29, 1.82) is 0 Å². The third-order valence-corrected chi connectivity index (χ3v) is 4.13. The number of thioether (sulfide) groups is 1. The fraction of sp³-hybridized carbons (Fsp3) is 0.455. The first-order chi connectivity index (χ1) is 7.25. The highest BCUT2D eigenvalue weighted by atomic mass is 32.2. The molecule has 80 valence electrons. The third-order valence-electron chi connectivity index (χ3n) is 2.78. The molecule has 2 N–H and O–H groups in total. The van der Waals surface area contributed by atoms with Crippen molar-refractivity contribution in [2.45, 2.75) is 35.8 Å². The molecule has 15 heavy (non-hydrogen) atoms. The molecule has 4 heteroatoms. The molecule has 0 aromatic heterocycles. The zero-order valence-electron chi connectivity index (χ0n) is 8.60. The fourth-order valence-corrected chi connectivity index (χ4v) is 3.16. The van der Waals surface area contributed by atoms with Gasteiger partial charge in [0.2, 0.25) is 0 Å². The van der Waals surface area contributed by atoms with Gasteiger partial charge in [-0.1, -0.05) is 25.0 Å². The molecule has 0 heterocycles. The van der Waals surface area contributed by atoms with Gasteiger partial charge in [0.15, 0.2) is 0 Å². The van der Waals surface area contributed by atoms with Crippen LogP contribution in [0.4, 0.5) is 0 Å². The van der Waals surface area contributed by atoms with E-state index in [2.05, 4.69) is 0 Å². The van der Waals surface area contributed by atoms with Gasteiger partial charge in [0.25, 0.3) is 0 Å². The Bertz CT molecular complexity index is 307. The molecule has 0 unspecified atom stereocenters. The van der Waals surface area contributed by atoms with Crippen molar-refractivity contribution in [2.75, 3.05) is 0 Å². The van der Waals surface area contributed by atoms with Crippen LogP contribution in [0.25, 0.3) is 0 Å². The first-order valence-corrected chi connectivity index (χ1v) is 6.26. The molecule has 1 aromatic rings. The molecule has 1 aromatic carbocycles. The normalized spacial score (nSPS) is 16.9. The van der Waals surface area contributed by atoms with Crippen LogP contribution in [0.3, 0.4) is 0 Å². The standard InChI is InChI=1S/C11H15BO2S/c13-12(14)9-5-7-11(8-6-9)15-10-3-1-2-4-10/h5-8,10,13-14H,1-4H2. The van der Waals surface area contributed by atoms with E-state index in [-0.39, 0.29) is 0 Å². The molecule has 0 aliphatic heterocycles. The zero-order chi connectivity index (χ0) is 10.7. The van der Waals surface area contributed by atoms with E-state index >= 15 is 0 Å². The Morgan fingerprint density at radius 1 is 1.07 bits per heavy atom. The van der Waals surface area contributed by atoms with E-state index in [9.17, 15) is 0 Å². The van der Waals surface area contributed by atoms with Crippen molar-refractivity contribution in [2.24, 2.45) is 0 Å².